The predicted octanol–water partition coefficient (Wildman–Crippen LogP) is 1.84. The van der Waals surface area contributed by atoms with Gasteiger partial charge in [0, 0.05) is 13.1 Å². The number of ketones is 1. The SMILES string of the molecule is C=CCNC(=O)C(=O)C(CCC)NC(=O)[C@@H]1[C@@H]2[C@H](CN1C(=O)[C@@H](NC(=O)N[C@H](CN1C(=O)CNC1=O)C(C)(C)C)C1CCCCC1)C2(C)C. The Kier molecular flexibility index (Phi) is 11.8. The molecule has 4 rings (SSSR count). The molecule has 0 spiro atoms. The molecule has 0 aromatic rings. The number of hydrogen-bond acceptors (Lipinski definition) is 7. The van der Waals surface area contributed by atoms with Gasteiger partial charge in [-0.05, 0) is 47.8 Å². The van der Waals surface area contributed by atoms with Gasteiger partial charge < -0.3 is 31.5 Å². The van der Waals surface area contributed by atoms with Crippen LogP contribution in [0.15, 0.2) is 12.7 Å². The van der Waals surface area contributed by atoms with Crippen LogP contribution in [0.4, 0.5) is 9.59 Å². The summed E-state index contributed by atoms with van der Waals surface area (Å²) in [5, 5.41) is 13.7. The number of carbonyl (C=O) groups excluding carboxylic acids is 7. The number of hydrogen-bond donors (Lipinski definition) is 5. The first-order valence-corrected chi connectivity index (χ1v) is 17.7. The van der Waals surface area contributed by atoms with Crippen LogP contribution in [0.25, 0.3) is 0 Å². The third kappa shape index (κ3) is 8.43. The molecule has 0 radical (unpaired) electrons. The highest BCUT2D eigenvalue weighted by Gasteiger charge is 2.69. The fourth-order valence-electron chi connectivity index (χ4n) is 7.77. The monoisotopic (exact) mass is 685 g/mol. The summed E-state index contributed by atoms with van der Waals surface area (Å²) in [6.07, 6.45) is 6.58. The molecule has 1 unspecified atom stereocenters. The van der Waals surface area contributed by atoms with Gasteiger partial charge in [-0.15, -0.1) is 6.58 Å². The molecule has 272 valence electrons. The van der Waals surface area contributed by atoms with E-state index in [4.69, 9.17) is 0 Å². The Morgan fingerprint density at radius 2 is 1.71 bits per heavy atom. The lowest BCUT2D eigenvalue weighted by atomic mass is 9.83. The van der Waals surface area contributed by atoms with Crippen molar-refractivity contribution in [3.8, 4) is 0 Å². The van der Waals surface area contributed by atoms with E-state index in [1.807, 2.05) is 27.7 Å². The predicted molar refractivity (Wildman–Crippen MR) is 182 cm³/mol. The Morgan fingerprint density at radius 3 is 2.29 bits per heavy atom. The normalized spacial score (nSPS) is 25.0. The number of imide groups is 1. The van der Waals surface area contributed by atoms with Crippen molar-refractivity contribution in [1.82, 2.24) is 36.4 Å². The van der Waals surface area contributed by atoms with Crippen molar-refractivity contribution < 1.29 is 33.6 Å². The van der Waals surface area contributed by atoms with Crippen LogP contribution in [0, 0.1) is 28.6 Å². The second kappa shape index (κ2) is 15.3. The highest BCUT2D eigenvalue weighted by Crippen LogP contribution is 2.65. The Morgan fingerprint density at radius 1 is 1.04 bits per heavy atom. The van der Waals surface area contributed by atoms with Crippen LogP contribution in [-0.4, -0.2) is 102 Å². The number of piperidine rings is 1. The maximum absolute atomic E-state index is 14.5. The van der Waals surface area contributed by atoms with Gasteiger partial charge in [0.15, 0.2) is 0 Å². The van der Waals surface area contributed by atoms with Gasteiger partial charge in [-0.2, -0.15) is 0 Å². The zero-order valence-electron chi connectivity index (χ0n) is 29.9. The summed E-state index contributed by atoms with van der Waals surface area (Å²) in [7, 11) is 0. The molecule has 6 atom stereocenters. The molecule has 0 aromatic heterocycles. The first-order chi connectivity index (χ1) is 23.0. The molecule has 2 heterocycles. The summed E-state index contributed by atoms with van der Waals surface area (Å²) in [5.74, 6) is -2.99. The van der Waals surface area contributed by atoms with Crippen molar-refractivity contribution in [3.63, 3.8) is 0 Å². The standard InChI is InChI=1S/C35H55N7O7/c1-8-13-22(28(44)30(46)36-16-9-2)38-29(45)27-25-21(35(25,6)7)18-42(27)31(47)26(20-14-11-10-12-15-20)40-32(48)39-23(34(3,4)5)19-41-24(43)17-37-33(41)49/h9,20-23,25-27H,2,8,10-19H2,1,3-7H3,(H,36,46)(H,37,49)(H,38,45)(H2,39,40,48)/t21-,22?,23+,25-,26-,27-/m0/s1. The van der Waals surface area contributed by atoms with Crippen LogP contribution in [-0.2, 0) is 24.0 Å². The average molecular weight is 686 g/mol. The largest absolute Gasteiger partial charge is 0.346 e. The van der Waals surface area contributed by atoms with E-state index in [0.717, 1.165) is 37.0 Å². The number of nitrogens with zero attached hydrogens (tertiary/aromatic N) is 2. The van der Waals surface area contributed by atoms with Crippen LogP contribution >= 0.6 is 0 Å². The van der Waals surface area contributed by atoms with E-state index in [1.54, 1.807) is 4.90 Å². The first-order valence-electron chi connectivity index (χ1n) is 17.7. The second-order valence-electron chi connectivity index (χ2n) is 15.7. The number of rotatable bonds is 14. The van der Waals surface area contributed by atoms with Gasteiger partial charge >= 0.3 is 12.1 Å². The molecule has 8 amide bonds. The van der Waals surface area contributed by atoms with E-state index in [1.165, 1.54) is 6.08 Å². The molecule has 2 aliphatic carbocycles. The highest BCUT2D eigenvalue weighted by molar-refractivity contribution is 6.38. The van der Waals surface area contributed by atoms with Crippen LogP contribution in [0.2, 0.25) is 0 Å². The van der Waals surface area contributed by atoms with E-state index in [9.17, 15) is 33.6 Å². The number of amides is 8. The van der Waals surface area contributed by atoms with Crippen LogP contribution in [0.3, 0.4) is 0 Å². The lowest BCUT2D eigenvalue weighted by Crippen LogP contribution is -2.62. The van der Waals surface area contributed by atoms with E-state index >= 15 is 0 Å². The van der Waals surface area contributed by atoms with Gasteiger partial charge in [-0.3, -0.25) is 28.9 Å². The minimum atomic E-state index is -1.04. The van der Waals surface area contributed by atoms with Gasteiger partial charge in [-0.1, -0.05) is 73.3 Å². The van der Waals surface area contributed by atoms with Gasteiger partial charge in [0.05, 0.1) is 25.2 Å². The second-order valence-corrected chi connectivity index (χ2v) is 15.7. The summed E-state index contributed by atoms with van der Waals surface area (Å²) < 4.78 is 0. The maximum Gasteiger partial charge on any atom is 0.324 e. The van der Waals surface area contributed by atoms with E-state index < -0.39 is 59.2 Å². The summed E-state index contributed by atoms with van der Waals surface area (Å²) in [5.41, 5.74) is -0.736. The Balaban J connectivity index is 1.55. The molecular weight excluding hydrogens is 630 g/mol. The third-order valence-corrected chi connectivity index (χ3v) is 10.9. The molecule has 4 fully saturated rings. The Bertz CT molecular complexity index is 1320. The van der Waals surface area contributed by atoms with E-state index in [-0.39, 0.29) is 61.0 Å². The topological polar surface area (TPSA) is 186 Å². The zero-order valence-corrected chi connectivity index (χ0v) is 29.9. The minimum Gasteiger partial charge on any atom is -0.346 e. The maximum atomic E-state index is 14.5. The Hall–Kier alpha value is -3.97. The molecular formula is C35H55N7O7. The number of carbonyl (C=O) groups is 7. The molecule has 14 nitrogen and oxygen atoms in total. The lowest BCUT2D eigenvalue weighted by Gasteiger charge is -2.38. The quantitative estimate of drug-likeness (QED) is 0.105. The number of Topliss-reactive ketones (excluding diaryl/α,β-unsaturated/α-hetero) is 1. The molecule has 49 heavy (non-hydrogen) atoms. The average Bonchev–Trinajstić information content (AvgIpc) is 3.32. The summed E-state index contributed by atoms with van der Waals surface area (Å²) in [6, 6.07) is -4.55. The fraction of sp³-hybridized carbons (Fsp3) is 0.743. The van der Waals surface area contributed by atoms with Gasteiger partial charge in [-0.25, -0.2) is 9.59 Å². The highest BCUT2D eigenvalue weighted by atomic mass is 16.2. The number of urea groups is 2. The molecule has 14 heteroatoms. The molecule has 0 aromatic carbocycles. The summed E-state index contributed by atoms with van der Waals surface area (Å²) in [6.45, 7) is 15.5. The smallest absolute Gasteiger partial charge is 0.324 e. The molecule has 2 saturated heterocycles. The zero-order chi connectivity index (χ0) is 36.3. The van der Waals surface area contributed by atoms with E-state index in [2.05, 4.69) is 47.0 Å². The van der Waals surface area contributed by atoms with Gasteiger partial charge in [0.25, 0.3) is 5.91 Å². The van der Waals surface area contributed by atoms with Crippen molar-refractivity contribution in [3.05, 3.63) is 12.7 Å². The van der Waals surface area contributed by atoms with Gasteiger partial charge in [0.1, 0.15) is 12.1 Å². The molecule has 5 N–H and O–H groups in total. The van der Waals surface area contributed by atoms with Crippen molar-refractivity contribution in [1.29, 1.82) is 0 Å². The molecule has 2 saturated carbocycles. The van der Waals surface area contributed by atoms with Gasteiger partial charge in [0.2, 0.25) is 23.5 Å². The number of fused-ring (bicyclic) bond motifs is 1. The summed E-state index contributed by atoms with van der Waals surface area (Å²) in [4.78, 5) is 95.0. The fourth-order valence-corrected chi connectivity index (χ4v) is 7.77. The first kappa shape index (κ1) is 37.8. The van der Waals surface area contributed by atoms with Crippen molar-refractivity contribution in [2.45, 2.75) is 111 Å². The number of nitrogens with one attached hydrogen (secondary N) is 5. The molecule has 4 aliphatic rings. The van der Waals surface area contributed by atoms with Crippen LogP contribution < -0.4 is 26.6 Å². The molecule has 2 aliphatic heterocycles. The van der Waals surface area contributed by atoms with Crippen molar-refractivity contribution >= 4 is 41.5 Å². The lowest BCUT2D eigenvalue weighted by molar-refractivity contribution is -0.144. The third-order valence-electron chi connectivity index (χ3n) is 10.9. The minimum absolute atomic E-state index is 0.0281. The van der Waals surface area contributed by atoms with Crippen LogP contribution in [0.1, 0.15) is 86.5 Å². The number of likely N-dealkylation sites (tertiary alicyclic amines) is 1. The van der Waals surface area contributed by atoms with Crippen LogP contribution in [0.5, 0.6) is 0 Å². The van der Waals surface area contributed by atoms with E-state index in [0.29, 0.717) is 13.0 Å². The van der Waals surface area contributed by atoms with Crippen molar-refractivity contribution in [2.75, 3.05) is 26.2 Å². The Labute approximate surface area is 289 Å². The van der Waals surface area contributed by atoms with Crippen molar-refractivity contribution in [2.24, 2.45) is 28.6 Å². The molecule has 0 bridgehead atoms. The summed E-state index contributed by atoms with van der Waals surface area (Å²) >= 11 is 0.